The second kappa shape index (κ2) is 4.57. The quantitative estimate of drug-likeness (QED) is 0.760. The molecular weight excluding hydrogens is 192 g/mol. The van der Waals surface area contributed by atoms with Crippen LogP contribution in [-0.2, 0) is 6.54 Å². The third kappa shape index (κ3) is 2.26. The van der Waals surface area contributed by atoms with Crippen molar-refractivity contribution < 1.29 is 9.90 Å². The number of nitrogens with zero attached hydrogens (tertiary/aromatic N) is 2. The van der Waals surface area contributed by atoms with Gasteiger partial charge in [0.15, 0.2) is 12.1 Å². The van der Waals surface area contributed by atoms with Gasteiger partial charge in [-0.05, 0) is 12.8 Å². The predicted octanol–water partition coefficient (Wildman–Crippen LogP) is 1.25. The van der Waals surface area contributed by atoms with Crippen molar-refractivity contribution in [2.45, 2.75) is 38.3 Å². The molecule has 15 heavy (non-hydrogen) atoms. The van der Waals surface area contributed by atoms with E-state index in [9.17, 15) is 9.90 Å². The van der Waals surface area contributed by atoms with Gasteiger partial charge in [0.2, 0.25) is 0 Å². The maximum atomic E-state index is 10.7. The summed E-state index contributed by atoms with van der Waals surface area (Å²) in [6.45, 7) is 0.704. The van der Waals surface area contributed by atoms with Crippen molar-refractivity contribution in [1.82, 2.24) is 9.55 Å². The average Bonchev–Trinajstić information content (AvgIpc) is 2.69. The van der Waals surface area contributed by atoms with Crippen molar-refractivity contribution in [3.8, 4) is 0 Å². The molecule has 0 aliphatic heterocycles. The smallest absolute Gasteiger partial charge is 0.185 e. The summed E-state index contributed by atoms with van der Waals surface area (Å²) in [5.74, 6) is 0.722. The molecule has 4 heteroatoms. The van der Waals surface area contributed by atoms with Gasteiger partial charge in [0.05, 0.1) is 6.10 Å². The molecule has 0 amide bonds. The summed E-state index contributed by atoms with van der Waals surface area (Å²) >= 11 is 0. The lowest BCUT2D eigenvalue weighted by molar-refractivity contribution is 0.0601. The molecule has 1 N–H and O–H groups in total. The van der Waals surface area contributed by atoms with E-state index in [1.807, 2.05) is 4.57 Å². The number of hydrogen-bond acceptors (Lipinski definition) is 3. The molecule has 0 radical (unpaired) electrons. The van der Waals surface area contributed by atoms with Crippen molar-refractivity contribution in [1.29, 1.82) is 0 Å². The monoisotopic (exact) mass is 208 g/mol. The van der Waals surface area contributed by atoms with Crippen LogP contribution in [0, 0.1) is 5.92 Å². The number of aldehydes is 1. The van der Waals surface area contributed by atoms with Crippen LogP contribution in [0.2, 0.25) is 0 Å². The van der Waals surface area contributed by atoms with Gasteiger partial charge >= 0.3 is 0 Å². The van der Waals surface area contributed by atoms with Crippen LogP contribution in [0.25, 0.3) is 0 Å². The lowest BCUT2D eigenvalue weighted by Crippen LogP contribution is -2.28. The first kappa shape index (κ1) is 10.4. The molecule has 82 valence electrons. The van der Waals surface area contributed by atoms with Crippen LogP contribution in [0.15, 0.2) is 12.4 Å². The van der Waals surface area contributed by atoms with Gasteiger partial charge in [0.1, 0.15) is 0 Å². The second-order valence-corrected chi connectivity index (χ2v) is 4.17. The molecule has 1 fully saturated rings. The predicted molar refractivity (Wildman–Crippen MR) is 55.6 cm³/mol. The number of imidazole rings is 1. The van der Waals surface area contributed by atoms with Crippen LogP contribution in [0.3, 0.4) is 0 Å². The topological polar surface area (TPSA) is 55.1 Å². The highest BCUT2D eigenvalue weighted by molar-refractivity contribution is 5.69. The Balaban J connectivity index is 2.04. The van der Waals surface area contributed by atoms with Crippen LogP contribution in [0.1, 0.15) is 36.3 Å². The molecule has 4 nitrogen and oxygen atoms in total. The summed E-state index contributed by atoms with van der Waals surface area (Å²) in [7, 11) is 0. The minimum Gasteiger partial charge on any atom is -0.393 e. The van der Waals surface area contributed by atoms with Crippen LogP contribution in [-0.4, -0.2) is 27.0 Å². The zero-order valence-corrected chi connectivity index (χ0v) is 8.67. The van der Waals surface area contributed by atoms with Crippen LogP contribution in [0.5, 0.6) is 0 Å². The number of aliphatic hydroxyl groups excluding tert-OH is 1. The van der Waals surface area contributed by atoms with Gasteiger partial charge in [-0.15, -0.1) is 0 Å². The fourth-order valence-corrected chi connectivity index (χ4v) is 2.25. The molecule has 1 aliphatic rings. The molecule has 2 atom stereocenters. The number of aliphatic hydroxyl groups is 1. The molecule has 0 spiro atoms. The number of hydrogen-bond donors (Lipinski definition) is 1. The Kier molecular flexibility index (Phi) is 3.16. The van der Waals surface area contributed by atoms with Gasteiger partial charge in [-0.3, -0.25) is 4.79 Å². The molecule has 1 aliphatic carbocycles. The standard InChI is InChI=1S/C11H16N2O2/c14-8-11-12-5-6-13(11)7-9-3-1-2-4-10(9)15/h5-6,8-10,15H,1-4,7H2. The first-order valence-corrected chi connectivity index (χ1v) is 5.45. The van der Waals surface area contributed by atoms with Gasteiger partial charge in [-0.25, -0.2) is 4.98 Å². The molecule has 1 heterocycles. The van der Waals surface area contributed by atoms with E-state index in [1.165, 1.54) is 6.42 Å². The molecule has 0 bridgehead atoms. The highest BCUT2D eigenvalue weighted by atomic mass is 16.3. The van der Waals surface area contributed by atoms with E-state index in [0.29, 0.717) is 12.4 Å². The highest BCUT2D eigenvalue weighted by Crippen LogP contribution is 2.25. The number of carbonyl (C=O) groups excluding carboxylic acids is 1. The van der Waals surface area contributed by atoms with E-state index in [2.05, 4.69) is 4.98 Å². The van der Waals surface area contributed by atoms with E-state index in [1.54, 1.807) is 12.4 Å². The van der Waals surface area contributed by atoms with Crippen molar-refractivity contribution in [2.24, 2.45) is 5.92 Å². The number of rotatable bonds is 3. The molecule has 1 saturated carbocycles. The van der Waals surface area contributed by atoms with Crippen LogP contribution >= 0.6 is 0 Å². The summed E-state index contributed by atoms with van der Waals surface area (Å²) in [4.78, 5) is 14.6. The summed E-state index contributed by atoms with van der Waals surface area (Å²) in [5, 5.41) is 9.81. The summed E-state index contributed by atoms with van der Waals surface area (Å²) in [6, 6.07) is 0. The van der Waals surface area contributed by atoms with E-state index in [-0.39, 0.29) is 12.0 Å². The van der Waals surface area contributed by atoms with E-state index < -0.39 is 0 Å². The maximum Gasteiger partial charge on any atom is 0.185 e. The fourth-order valence-electron chi connectivity index (χ4n) is 2.25. The Hall–Kier alpha value is -1.16. The lowest BCUT2D eigenvalue weighted by Gasteiger charge is -2.27. The van der Waals surface area contributed by atoms with Crippen molar-refractivity contribution in [3.05, 3.63) is 18.2 Å². The molecule has 1 aromatic heterocycles. The zero-order chi connectivity index (χ0) is 10.7. The first-order valence-electron chi connectivity index (χ1n) is 5.45. The molecular formula is C11H16N2O2. The number of carbonyl (C=O) groups is 1. The van der Waals surface area contributed by atoms with E-state index >= 15 is 0 Å². The summed E-state index contributed by atoms with van der Waals surface area (Å²) in [5.41, 5.74) is 0. The Morgan fingerprint density at radius 3 is 3.07 bits per heavy atom. The molecule has 0 aromatic carbocycles. The van der Waals surface area contributed by atoms with Gasteiger partial charge in [0, 0.05) is 24.9 Å². The fraction of sp³-hybridized carbons (Fsp3) is 0.636. The van der Waals surface area contributed by atoms with Gasteiger partial charge < -0.3 is 9.67 Å². The van der Waals surface area contributed by atoms with Gasteiger partial charge in [-0.1, -0.05) is 12.8 Å². The molecule has 2 rings (SSSR count). The van der Waals surface area contributed by atoms with Gasteiger partial charge in [0.25, 0.3) is 0 Å². The van der Waals surface area contributed by atoms with E-state index in [0.717, 1.165) is 25.5 Å². The van der Waals surface area contributed by atoms with Crippen LogP contribution < -0.4 is 0 Å². The highest BCUT2D eigenvalue weighted by Gasteiger charge is 2.23. The van der Waals surface area contributed by atoms with E-state index in [4.69, 9.17) is 0 Å². The lowest BCUT2D eigenvalue weighted by atomic mass is 9.86. The SMILES string of the molecule is O=Cc1nccn1CC1CCCCC1O. The van der Waals surface area contributed by atoms with Crippen LogP contribution in [0.4, 0.5) is 0 Å². The maximum absolute atomic E-state index is 10.7. The minimum atomic E-state index is -0.222. The third-order valence-electron chi connectivity index (χ3n) is 3.15. The van der Waals surface area contributed by atoms with Crippen molar-refractivity contribution in [2.75, 3.05) is 0 Å². The Labute approximate surface area is 88.9 Å². The average molecular weight is 208 g/mol. The Bertz CT molecular complexity index is 335. The minimum absolute atomic E-state index is 0.222. The first-order chi connectivity index (χ1) is 7.31. The van der Waals surface area contributed by atoms with Gasteiger partial charge in [-0.2, -0.15) is 0 Å². The molecule has 0 saturated heterocycles. The van der Waals surface area contributed by atoms with Crippen molar-refractivity contribution >= 4 is 6.29 Å². The molecule has 2 unspecified atom stereocenters. The zero-order valence-electron chi connectivity index (χ0n) is 8.67. The summed E-state index contributed by atoms with van der Waals surface area (Å²) < 4.78 is 1.83. The second-order valence-electron chi connectivity index (χ2n) is 4.17. The number of aromatic nitrogens is 2. The Morgan fingerprint density at radius 2 is 2.33 bits per heavy atom. The summed E-state index contributed by atoms with van der Waals surface area (Å²) in [6.07, 6.45) is 8.17. The normalized spacial score (nSPS) is 26.5. The largest absolute Gasteiger partial charge is 0.393 e. The molecule has 1 aromatic rings. The van der Waals surface area contributed by atoms with Crippen molar-refractivity contribution in [3.63, 3.8) is 0 Å². The third-order valence-corrected chi connectivity index (χ3v) is 3.15. The Morgan fingerprint density at radius 1 is 1.53 bits per heavy atom.